The number of carbonyl (C=O) groups excluding carboxylic acids is 1. The van der Waals surface area contributed by atoms with Crippen LogP contribution in [0, 0.1) is 0 Å². The van der Waals surface area contributed by atoms with Crippen molar-refractivity contribution in [2.75, 3.05) is 13.1 Å². The van der Waals surface area contributed by atoms with Crippen molar-refractivity contribution >= 4 is 6.09 Å². The molecule has 1 amide bonds. The highest BCUT2D eigenvalue weighted by molar-refractivity contribution is 5.68. The predicted octanol–water partition coefficient (Wildman–Crippen LogP) is 2.57. The Balaban J connectivity index is 2.44. The fourth-order valence-electron chi connectivity index (χ4n) is 1.32. The minimum atomic E-state index is -0.392. The highest BCUT2D eigenvalue weighted by Crippen LogP contribution is 2.12. The highest BCUT2D eigenvalue weighted by Gasteiger charge is 2.21. The molecule has 0 spiro atoms. The Bertz CT molecular complexity index is 218. The molecule has 0 unspecified atom stereocenters. The smallest absolute Gasteiger partial charge is 0.410 e. The number of hydrogen-bond donors (Lipinski definition) is 0. The van der Waals surface area contributed by atoms with Gasteiger partial charge in [-0.05, 0) is 33.6 Å². The second-order valence-corrected chi connectivity index (χ2v) is 4.52. The van der Waals surface area contributed by atoms with E-state index in [2.05, 4.69) is 12.2 Å². The van der Waals surface area contributed by atoms with Gasteiger partial charge in [0, 0.05) is 13.1 Å². The van der Waals surface area contributed by atoms with E-state index in [0.717, 1.165) is 25.9 Å². The van der Waals surface area contributed by atoms with Crippen LogP contribution in [0.4, 0.5) is 4.79 Å². The van der Waals surface area contributed by atoms with Gasteiger partial charge in [-0.2, -0.15) is 0 Å². The Kier molecular flexibility index (Phi) is 3.55. The number of rotatable bonds is 0. The molecule has 0 aromatic heterocycles. The lowest BCUT2D eigenvalue weighted by atomic mass is 10.2. The molecule has 0 N–H and O–H groups in total. The standard InChI is InChI=1S/C11H19NO2/c1-11(2,3)14-10(13)12-8-6-4-5-7-9-12/h4-5H,6-9H2,1-3H3. The largest absolute Gasteiger partial charge is 0.444 e. The molecule has 1 aliphatic heterocycles. The van der Waals surface area contributed by atoms with E-state index < -0.39 is 5.60 Å². The minimum absolute atomic E-state index is 0.193. The summed E-state index contributed by atoms with van der Waals surface area (Å²) >= 11 is 0. The Hall–Kier alpha value is -0.990. The Morgan fingerprint density at radius 2 is 1.71 bits per heavy atom. The first kappa shape index (κ1) is 11.1. The summed E-state index contributed by atoms with van der Waals surface area (Å²) in [6.45, 7) is 7.21. The topological polar surface area (TPSA) is 29.5 Å². The molecule has 14 heavy (non-hydrogen) atoms. The second kappa shape index (κ2) is 4.49. The molecule has 0 fully saturated rings. The van der Waals surface area contributed by atoms with Gasteiger partial charge in [-0.15, -0.1) is 0 Å². The summed E-state index contributed by atoms with van der Waals surface area (Å²) in [7, 11) is 0. The third-order valence-corrected chi connectivity index (χ3v) is 1.95. The summed E-state index contributed by atoms with van der Waals surface area (Å²) in [6.07, 6.45) is 5.90. The maximum atomic E-state index is 11.6. The van der Waals surface area contributed by atoms with Crippen LogP contribution in [0.1, 0.15) is 33.6 Å². The Labute approximate surface area is 85.7 Å². The Morgan fingerprint density at radius 3 is 2.14 bits per heavy atom. The summed E-state index contributed by atoms with van der Waals surface area (Å²) in [5.41, 5.74) is -0.392. The van der Waals surface area contributed by atoms with Crippen LogP contribution in [0.3, 0.4) is 0 Å². The van der Waals surface area contributed by atoms with Crippen molar-refractivity contribution in [3.63, 3.8) is 0 Å². The maximum Gasteiger partial charge on any atom is 0.410 e. The predicted molar refractivity (Wildman–Crippen MR) is 56.2 cm³/mol. The molecule has 3 nitrogen and oxygen atoms in total. The SMILES string of the molecule is CC(C)(C)OC(=O)N1CCC=CCC1. The normalized spacial score (nSPS) is 17.8. The van der Waals surface area contributed by atoms with Crippen molar-refractivity contribution in [2.45, 2.75) is 39.2 Å². The average molecular weight is 197 g/mol. The molecule has 0 aromatic rings. The van der Waals surface area contributed by atoms with Gasteiger partial charge < -0.3 is 9.64 Å². The van der Waals surface area contributed by atoms with E-state index in [0.29, 0.717) is 0 Å². The molecular weight excluding hydrogens is 178 g/mol. The lowest BCUT2D eigenvalue weighted by molar-refractivity contribution is 0.0259. The van der Waals surface area contributed by atoms with Gasteiger partial charge in [0.05, 0.1) is 0 Å². The zero-order valence-corrected chi connectivity index (χ0v) is 9.25. The molecule has 1 rings (SSSR count). The van der Waals surface area contributed by atoms with Crippen LogP contribution >= 0.6 is 0 Å². The fourth-order valence-corrected chi connectivity index (χ4v) is 1.32. The number of ether oxygens (including phenoxy) is 1. The number of amides is 1. The van der Waals surface area contributed by atoms with Crippen molar-refractivity contribution in [1.29, 1.82) is 0 Å². The van der Waals surface area contributed by atoms with Crippen LogP contribution in [0.2, 0.25) is 0 Å². The van der Waals surface area contributed by atoms with Crippen molar-refractivity contribution in [2.24, 2.45) is 0 Å². The third-order valence-electron chi connectivity index (χ3n) is 1.95. The molecule has 0 atom stereocenters. The lowest BCUT2D eigenvalue weighted by Crippen LogP contribution is -2.37. The van der Waals surface area contributed by atoms with Crippen molar-refractivity contribution < 1.29 is 9.53 Å². The van der Waals surface area contributed by atoms with Crippen molar-refractivity contribution in [1.82, 2.24) is 4.90 Å². The van der Waals surface area contributed by atoms with E-state index >= 15 is 0 Å². The highest BCUT2D eigenvalue weighted by atomic mass is 16.6. The zero-order chi connectivity index (χ0) is 10.6. The summed E-state index contributed by atoms with van der Waals surface area (Å²) in [4.78, 5) is 13.4. The summed E-state index contributed by atoms with van der Waals surface area (Å²) in [5.74, 6) is 0. The van der Waals surface area contributed by atoms with Gasteiger partial charge >= 0.3 is 6.09 Å². The van der Waals surface area contributed by atoms with Gasteiger partial charge in [0.15, 0.2) is 0 Å². The molecule has 1 aliphatic rings. The van der Waals surface area contributed by atoms with Crippen LogP contribution in [-0.4, -0.2) is 29.7 Å². The zero-order valence-electron chi connectivity index (χ0n) is 9.25. The van der Waals surface area contributed by atoms with Gasteiger partial charge in [-0.1, -0.05) is 12.2 Å². The van der Waals surface area contributed by atoms with Crippen LogP contribution in [0.5, 0.6) is 0 Å². The molecule has 1 heterocycles. The van der Waals surface area contributed by atoms with Crippen LogP contribution in [-0.2, 0) is 4.74 Å². The summed E-state index contributed by atoms with van der Waals surface area (Å²) < 4.78 is 5.29. The fraction of sp³-hybridized carbons (Fsp3) is 0.727. The lowest BCUT2D eigenvalue weighted by Gasteiger charge is -2.26. The van der Waals surface area contributed by atoms with E-state index in [1.807, 2.05) is 20.8 Å². The van der Waals surface area contributed by atoms with Gasteiger partial charge in [-0.3, -0.25) is 0 Å². The van der Waals surface area contributed by atoms with E-state index in [1.54, 1.807) is 4.90 Å². The molecule has 0 aromatic carbocycles. The summed E-state index contributed by atoms with van der Waals surface area (Å²) in [5, 5.41) is 0. The van der Waals surface area contributed by atoms with Crippen LogP contribution in [0.15, 0.2) is 12.2 Å². The van der Waals surface area contributed by atoms with E-state index in [9.17, 15) is 4.79 Å². The third kappa shape index (κ3) is 3.81. The molecule has 80 valence electrons. The maximum absolute atomic E-state index is 11.6. The molecule has 0 saturated heterocycles. The second-order valence-electron chi connectivity index (χ2n) is 4.52. The first-order valence-corrected chi connectivity index (χ1v) is 5.12. The van der Waals surface area contributed by atoms with Gasteiger partial charge in [0.1, 0.15) is 5.60 Å². The molecule has 0 radical (unpaired) electrons. The molecular formula is C11H19NO2. The molecule has 0 aliphatic carbocycles. The van der Waals surface area contributed by atoms with E-state index in [-0.39, 0.29) is 6.09 Å². The number of carbonyl (C=O) groups is 1. The average Bonchev–Trinajstić information content (AvgIpc) is 2.27. The van der Waals surface area contributed by atoms with Gasteiger partial charge in [0.2, 0.25) is 0 Å². The summed E-state index contributed by atoms with van der Waals surface area (Å²) in [6, 6.07) is 0. The number of hydrogen-bond acceptors (Lipinski definition) is 2. The number of nitrogens with zero attached hydrogens (tertiary/aromatic N) is 1. The first-order chi connectivity index (χ1) is 6.49. The molecule has 0 saturated carbocycles. The Morgan fingerprint density at radius 1 is 1.21 bits per heavy atom. The quantitative estimate of drug-likeness (QED) is 0.558. The van der Waals surface area contributed by atoms with E-state index in [4.69, 9.17) is 4.74 Å². The van der Waals surface area contributed by atoms with Crippen LogP contribution < -0.4 is 0 Å². The van der Waals surface area contributed by atoms with Gasteiger partial charge in [0.25, 0.3) is 0 Å². The molecule has 0 bridgehead atoms. The molecule has 3 heteroatoms. The minimum Gasteiger partial charge on any atom is -0.444 e. The monoisotopic (exact) mass is 197 g/mol. The van der Waals surface area contributed by atoms with Crippen molar-refractivity contribution in [3.8, 4) is 0 Å². The van der Waals surface area contributed by atoms with Crippen LogP contribution in [0.25, 0.3) is 0 Å². The first-order valence-electron chi connectivity index (χ1n) is 5.12. The van der Waals surface area contributed by atoms with E-state index in [1.165, 1.54) is 0 Å². The van der Waals surface area contributed by atoms with Gasteiger partial charge in [-0.25, -0.2) is 4.79 Å². The van der Waals surface area contributed by atoms with Crippen molar-refractivity contribution in [3.05, 3.63) is 12.2 Å².